The molecule has 2 nitrogen and oxygen atoms in total. The van der Waals surface area contributed by atoms with Gasteiger partial charge in [0.2, 0.25) is 0 Å². The monoisotopic (exact) mass is 278 g/mol. The summed E-state index contributed by atoms with van der Waals surface area (Å²) < 4.78 is 0. The van der Waals surface area contributed by atoms with Crippen molar-refractivity contribution >= 4 is 11.6 Å². The number of hydrogen-bond donors (Lipinski definition) is 1. The van der Waals surface area contributed by atoms with E-state index in [2.05, 4.69) is 29.3 Å². The van der Waals surface area contributed by atoms with Crippen LogP contribution in [0.25, 0.3) is 0 Å². The molecular weight excluding hydrogens is 256 g/mol. The van der Waals surface area contributed by atoms with E-state index in [1.807, 2.05) is 12.1 Å². The zero-order chi connectivity index (χ0) is 13.2. The van der Waals surface area contributed by atoms with Crippen LogP contribution in [0, 0.1) is 5.92 Å². The van der Waals surface area contributed by atoms with Crippen LogP contribution >= 0.6 is 11.6 Å². The number of fused-ring (bicyclic) bond motifs is 1. The van der Waals surface area contributed by atoms with Gasteiger partial charge < -0.3 is 5.32 Å². The lowest BCUT2D eigenvalue weighted by Gasteiger charge is -2.27. The van der Waals surface area contributed by atoms with Gasteiger partial charge in [-0.25, -0.2) is 0 Å². The highest BCUT2D eigenvalue weighted by Gasteiger charge is 2.36. The van der Waals surface area contributed by atoms with Crippen LogP contribution in [0.5, 0.6) is 0 Å². The Bertz CT molecular complexity index is 403. The normalized spacial score (nSPS) is 29.2. The van der Waals surface area contributed by atoms with Gasteiger partial charge >= 0.3 is 0 Å². The molecule has 0 spiro atoms. The van der Waals surface area contributed by atoms with Crippen molar-refractivity contribution in [2.75, 3.05) is 19.6 Å². The average Bonchev–Trinajstić information content (AvgIpc) is 2.85. The van der Waals surface area contributed by atoms with Gasteiger partial charge in [-0.05, 0) is 49.4 Å². The first-order valence-corrected chi connectivity index (χ1v) is 7.88. The number of nitrogens with one attached hydrogen (secondary N) is 1. The fourth-order valence-electron chi connectivity index (χ4n) is 3.72. The third kappa shape index (κ3) is 2.81. The molecule has 1 unspecified atom stereocenters. The molecule has 3 heteroatoms. The summed E-state index contributed by atoms with van der Waals surface area (Å²) in [4.78, 5) is 2.66. The fraction of sp³-hybridized carbons (Fsp3) is 0.625. The maximum Gasteiger partial charge on any atom is 0.0406 e. The van der Waals surface area contributed by atoms with Crippen LogP contribution < -0.4 is 5.32 Å². The molecule has 0 saturated carbocycles. The molecule has 1 aromatic rings. The van der Waals surface area contributed by atoms with Crippen LogP contribution in [-0.4, -0.2) is 30.6 Å². The molecule has 2 aliphatic heterocycles. The SMILES string of the molecule is CCC(c1ccc(Cl)cc1)N1C[C@@H]2CCCN[C@@H]2C1. The van der Waals surface area contributed by atoms with E-state index >= 15 is 0 Å². The van der Waals surface area contributed by atoms with E-state index in [1.165, 1.54) is 44.5 Å². The van der Waals surface area contributed by atoms with E-state index in [0.29, 0.717) is 6.04 Å². The largest absolute Gasteiger partial charge is 0.312 e. The lowest BCUT2D eigenvalue weighted by Crippen LogP contribution is -2.40. The Labute approximate surface area is 121 Å². The number of likely N-dealkylation sites (tertiary alicyclic amines) is 1. The number of nitrogens with zero attached hydrogens (tertiary/aromatic N) is 1. The predicted molar refractivity (Wildman–Crippen MR) is 80.6 cm³/mol. The maximum atomic E-state index is 6.00. The summed E-state index contributed by atoms with van der Waals surface area (Å²) in [6, 6.07) is 9.67. The maximum absolute atomic E-state index is 6.00. The number of benzene rings is 1. The van der Waals surface area contributed by atoms with E-state index in [-0.39, 0.29) is 0 Å². The van der Waals surface area contributed by atoms with E-state index < -0.39 is 0 Å². The molecule has 0 radical (unpaired) electrons. The predicted octanol–water partition coefficient (Wildman–Crippen LogP) is 3.47. The van der Waals surface area contributed by atoms with Crippen molar-refractivity contribution in [3.05, 3.63) is 34.9 Å². The van der Waals surface area contributed by atoms with Crippen molar-refractivity contribution in [3.63, 3.8) is 0 Å². The molecule has 0 aliphatic carbocycles. The van der Waals surface area contributed by atoms with E-state index in [0.717, 1.165) is 17.0 Å². The Morgan fingerprint density at radius 1 is 1.32 bits per heavy atom. The molecule has 0 bridgehead atoms. The minimum atomic E-state index is 0.546. The van der Waals surface area contributed by atoms with Crippen molar-refractivity contribution < 1.29 is 0 Å². The molecule has 0 aromatic heterocycles. The lowest BCUT2D eigenvalue weighted by atomic mass is 9.94. The third-order valence-corrected chi connectivity index (χ3v) is 4.96. The highest BCUT2D eigenvalue weighted by molar-refractivity contribution is 6.30. The quantitative estimate of drug-likeness (QED) is 0.911. The molecule has 2 saturated heterocycles. The second kappa shape index (κ2) is 5.82. The van der Waals surface area contributed by atoms with Gasteiger partial charge in [0.05, 0.1) is 0 Å². The first-order valence-electron chi connectivity index (χ1n) is 7.51. The highest BCUT2D eigenvalue weighted by Crippen LogP contribution is 2.33. The van der Waals surface area contributed by atoms with Gasteiger partial charge in [0.1, 0.15) is 0 Å². The van der Waals surface area contributed by atoms with E-state index in [9.17, 15) is 0 Å². The smallest absolute Gasteiger partial charge is 0.0406 e. The van der Waals surface area contributed by atoms with Crippen LogP contribution in [0.2, 0.25) is 5.02 Å². The molecule has 2 heterocycles. The van der Waals surface area contributed by atoms with Gasteiger partial charge in [-0.2, -0.15) is 0 Å². The lowest BCUT2D eigenvalue weighted by molar-refractivity contribution is 0.228. The Balaban J connectivity index is 1.74. The molecule has 2 fully saturated rings. The van der Waals surface area contributed by atoms with Gasteiger partial charge in [0, 0.05) is 30.2 Å². The molecule has 104 valence electrons. The van der Waals surface area contributed by atoms with Crippen LogP contribution in [-0.2, 0) is 0 Å². The number of halogens is 1. The van der Waals surface area contributed by atoms with Crippen molar-refractivity contribution in [3.8, 4) is 0 Å². The summed E-state index contributed by atoms with van der Waals surface area (Å²) in [6.07, 6.45) is 3.90. The van der Waals surface area contributed by atoms with Gasteiger partial charge in [-0.3, -0.25) is 4.90 Å². The highest BCUT2D eigenvalue weighted by atomic mass is 35.5. The Morgan fingerprint density at radius 3 is 2.79 bits per heavy atom. The zero-order valence-electron chi connectivity index (χ0n) is 11.6. The summed E-state index contributed by atoms with van der Waals surface area (Å²) in [5, 5.41) is 4.52. The average molecular weight is 279 g/mol. The van der Waals surface area contributed by atoms with Gasteiger partial charge in [-0.1, -0.05) is 30.7 Å². The molecule has 19 heavy (non-hydrogen) atoms. The molecule has 2 aliphatic rings. The summed E-state index contributed by atoms with van der Waals surface area (Å²) in [7, 11) is 0. The molecular formula is C16H23ClN2. The fourth-order valence-corrected chi connectivity index (χ4v) is 3.85. The molecule has 0 amide bonds. The molecule has 3 rings (SSSR count). The van der Waals surface area contributed by atoms with Gasteiger partial charge in [0.25, 0.3) is 0 Å². The van der Waals surface area contributed by atoms with Crippen molar-refractivity contribution in [1.82, 2.24) is 10.2 Å². The molecule has 1 N–H and O–H groups in total. The number of piperidine rings is 1. The van der Waals surface area contributed by atoms with Crippen molar-refractivity contribution in [2.24, 2.45) is 5.92 Å². The topological polar surface area (TPSA) is 15.3 Å². The number of hydrogen-bond acceptors (Lipinski definition) is 2. The van der Waals surface area contributed by atoms with Crippen LogP contribution in [0.15, 0.2) is 24.3 Å². The minimum absolute atomic E-state index is 0.546. The molecule has 1 aromatic carbocycles. The summed E-state index contributed by atoms with van der Waals surface area (Å²) >= 11 is 6.00. The second-order valence-corrected chi connectivity index (χ2v) is 6.33. The Kier molecular flexibility index (Phi) is 4.11. The zero-order valence-corrected chi connectivity index (χ0v) is 12.4. The van der Waals surface area contributed by atoms with Crippen LogP contribution in [0.3, 0.4) is 0 Å². The van der Waals surface area contributed by atoms with Crippen molar-refractivity contribution in [2.45, 2.75) is 38.3 Å². The first kappa shape index (κ1) is 13.4. The summed E-state index contributed by atoms with van der Waals surface area (Å²) in [6.45, 7) is 5.94. The van der Waals surface area contributed by atoms with Gasteiger partial charge in [-0.15, -0.1) is 0 Å². The summed E-state index contributed by atoms with van der Waals surface area (Å²) in [5.74, 6) is 0.857. The molecule has 3 atom stereocenters. The van der Waals surface area contributed by atoms with E-state index in [4.69, 9.17) is 11.6 Å². The van der Waals surface area contributed by atoms with Crippen molar-refractivity contribution in [1.29, 1.82) is 0 Å². The van der Waals surface area contributed by atoms with E-state index in [1.54, 1.807) is 0 Å². The second-order valence-electron chi connectivity index (χ2n) is 5.89. The van der Waals surface area contributed by atoms with Crippen LogP contribution in [0.4, 0.5) is 0 Å². The first-order chi connectivity index (χ1) is 9.28. The Hall–Kier alpha value is -0.570. The number of rotatable bonds is 3. The van der Waals surface area contributed by atoms with Gasteiger partial charge in [0.15, 0.2) is 0 Å². The summed E-state index contributed by atoms with van der Waals surface area (Å²) in [5.41, 5.74) is 1.41. The standard InChI is InChI=1S/C16H23ClN2/c1-2-16(12-5-7-14(17)8-6-12)19-10-13-4-3-9-18-15(13)11-19/h5-8,13,15-16,18H,2-4,9-11H2,1H3/t13-,15+,16?/m0/s1. The third-order valence-electron chi connectivity index (χ3n) is 4.71. The Morgan fingerprint density at radius 2 is 2.11 bits per heavy atom. The van der Waals surface area contributed by atoms with Crippen LogP contribution in [0.1, 0.15) is 37.8 Å². The minimum Gasteiger partial charge on any atom is -0.312 e.